The van der Waals surface area contributed by atoms with Crippen molar-refractivity contribution in [3.05, 3.63) is 73.8 Å². The fraction of sp³-hybridized carbons (Fsp3) is 0.0526. The van der Waals surface area contributed by atoms with Crippen LogP contribution in [0.4, 0.5) is 5.69 Å². The van der Waals surface area contributed by atoms with Crippen LogP contribution in [0.25, 0.3) is 6.08 Å². The van der Waals surface area contributed by atoms with Crippen molar-refractivity contribution >= 4 is 33.5 Å². The van der Waals surface area contributed by atoms with Gasteiger partial charge in [0.2, 0.25) is 5.78 Å². The van der Waals surface area contributed by atoms with Crippen molar-refractivity contribution in [1.82, 2.24) is 0 Å². The van der Waals surface area contributed by atoms with Gasteiger partial charge in [-0.3, -0.25) is 14.9 Å². The number of carbonyl (C=O) groups is 1. The number of terminal acetylenes is 1. The van der Waals surface area contributed by atoms with E-state index in [9.17, 15) is 20.2 Å². The molecule has 0 aliphatic heterocycles. The van der Waals surface area contributed by atoms with Crippen LogP contribution in [0.1, 0.15) is 15.9 Å². The quantitative estimate of drug-likeness (QED) is 0.178. The van der Waals surface area contributed by atoms with Gasteiger partial charge in [-0.25, -0.2) is 0 Å². The lowest BCUT2D eigenvalue weighted by molar-refractivity contribution is -0.384. The highest BCUT2D eigenvalue weighted by Gasteiger charge is 2.16. The van der Waals surface area contributed by atoms with Crippen LogP contribution in [0, 0.1) is 33.8 Å². The molecule has 2 aromatic rings. The summed E-state index contributed by atoms with van der Waals surface area (Å²) in [6, 6.07) is 12.1. The molecule has 2 rings (SSSR count). The molecule has 0 radical (unpaired) electrons. The highest BCUT2D eigenvalue weighted by atomic mass is 79.9. The average Bonchev–Trinajstić information content (AvgIpc) is 2.65. The van der Waals surface area contributed by atoms with Gasteiger partial charge in [-0.1, -0.05) is 34.0 Å². The van der Waals surface area contributed by atoms with Crippen LogP contribution in [0.2, 0.25) is 0 Å². The second-order valence-electron chi connectivity index (χ2n) is 4.98. The fourth-order valence-electron chi connectivity index (χ4n) is 2.10. The lowest BCUT2D eigenvalue weighted by atomic mass is 10.0. The van der Waals surface area contributed by atoms with E-state index in [1.165, 1.54) is 24.3 Å². The monoisotopic (exact) mass is 410 g/mol. The number of Topliss-reactive ketones (excluding diaryl/α,β-unsaturated/α-hetero) is 1. The molecule has 0 aliphatic rings. The molecule has 0 saturated heterocycles. The predicted octanol–water partition coefficient (Wildman–Crippen LogP) is 4.16. The molecule has 0 atom stereocenters. The van der Waals surface area contributed by atoms with Crippen molar-refractivity contribution in [1.29, 1.82) is 5.26 Å². The van der Waals surface area contributed by atoms with E-state index in [1.54, 1.807) is 18.2 Å². The minimum atomic E-state index is -0.626. The van der Waals surface area contributed by atoms with Crippen LogP contribution in [0.3, 0.4) is 0 Å². The molecule has 7 heteroatoms. The second-order valence-corrected chi connectivity index (χ2v) is 5.90. The number of non-ortho nitro benzene ring substituents is 1. The van der Waals surface area contributed by atoms with Crippen LogP contribution in [-0.4, -0.2) is 17.3 Å². The second kappa shape index (κ2) is 8.61. The van der Waals surface area contributed by atoms with Crippen molar-refractivity contribution in [3.8, 4) is 24.2 Å². The zero-order valence-electron chi connectivity index (χ0n) is 13.3. The molecular weight excluding hydrogens is 400 g/mol. The Labute approximate surface area is 158 Å². The Hall–Kier alpha value is -3.42. The van der Waals surface area contributed by atoms with Crippen molar-refractivity contribution < 1.29 is 14.5 Å². The molecular formula is C19H11BrN2O4. The number of nitro benzene ring substituents is 1. The number of hydrogen-bond acceptors (Lipinski definition) is 5. The molecule has 26 heavy (non-hydrogen) atoms. The first-order valence-electron chi connectivity index (χ1n) is 7.23. The molecule has 128 valence electrons. The number of allylic oxidation sites excluding steroid dienone is 1. The minimum absolute atomic E-state index is 0.0309. The zero-order valence-corrected chi connectivity index (χ0v) is 14.9. The van der Waals surface area contributed by atoms with Gasteiger partial charge >= 0.3 is 0 Å². The number of nitro groups is 1. The predicted molar refractivity (Wildman–Crippen MR) is 99.5 cm³/mol. The number of halogens is 1. The number of carbonyl (C=O) groups excluding carboxylic acids is 1. The van der Waals surface area contributed by atoms with Gasteiger partial charge < -0.3 is 4.74 Å². The van der Waals surface area contributed by atoms with Crippen LogP contribution in [0.15, 0.2) is 52.5 Å². The molecule has 0 unspecified atom stereocenters. The number of benzene rings is 2. The summed E-state index contributed by atoms with van der Waals surface area (Å²) in [5.41, 5.74) is 0.112. The standard InChI is InChI=1S/C19H11BrN2O4/c1-2-8-26-18-7-6-16(20)10-14(18)9-15(12-21)19(23)13-4-3-5-17(11-13)22(24)25/h1,3-7,9-11H,8H2. The molecule has 0 amide bonds. The van der Waals surface area contributed by atoms with Crippen molar-refractivity contribution in [2.24, 2.45) is 0 Å². The Morgan fingerprint density at radius 3 is 2.77 bits per heavy atom. The van der Waals surface area contributed by atoms with Gasteiger partial charge in [0.25, 0.3) is 5.69 Å². The summed E-state index contributed by atoms with van der Waals surface area (Å²) >= 11 is 3.32. The summed E-state index contributed by atoms with van der Waals surface area (Å²) in [5, 5.41) is 20.2. The molecule has 0 heterocycles. The van der Waals surface area contributed by atoms with Gasteiger partial charge in [0.1, 0.15) is 24.0 Å². The maximum absolute atomic E-state index is 12.6. The molecule has 0 aromatic heterocycles. The molecule has 0 N–H and O–H groups in total. The molecule has 0 spiro atoms. The minimum Gasteiger partial charge on any atom is -0.480 e. The Morgan fingerprint density at radius 1 is 1.35 bits per heavy atom. The van der Waals surface area contributed by atoms with E-state index in [4.69, 9.17) is 11.2 Å². The van der Waals surface area contributed by atoms with Gasteiger partial charge in [0, 0.05) is 27.7 Å². The van der Waals surface area contributed by atoms with E-state index >= 15 is 0 Å². The van der Waals surface area contributed by atoms with Crippen LogP contribution < -0.4 is 4.74 Å². The molecule has 0 bridgehead atoms. The lowest BCUT2D eigenvalue weighted by Crippen LogP contribution is -2.03. The molecule has 0 aliphatic carbocycles. The number of nitriles is 1. The number of ether oxygens (including phenoxy) is 1. The van der Waals surface area contributed by atoms with Gasteiger partial charge in [-0.05, 0) is 24.3 Å². The number of ketones is 1. The van der Waals surface area contributed by atoms with E-state index < -0.39 is 10.7 Å². The summed E-state index contributed by atoms with van der Waals surface area (Å²) in [6.07, 6.45) is 6.54. The smallest absolute Gasteiger partial charge is 0.270 e. The molecule has 2 aromatic carbocycles. The normalized spacial score (nSPS) is 10.5. The van der Waals surface area contributed by atoms with E-state index in [1.807, 2.05) is 6.07 Å². The van der Waals surface area contributed by atoms with Gasteiger partial charge in [-0.15, -0.1) is 6.42 Å². The Balaban J connectivity index is 2.45. The molecule has 6 nitrogen and oxygen atoms in total. The van der Waals surface area contributed by atoms with Gasteiger partial charge in [0.05, 0.1) is 4.92 Å². The van der Waals surface area contributed by atoms with E-state index in [2.05, 4.69) is 21.9 Å². The first-order valence-corrected chi connectivity index (χ1v) is 8.02. The summed E-state index contributed by atoms with van der Waals surface area (Å²) < 4.78 is 6.13. The van der Waals surface area contributed by atoms with Crippen LogP contribution in [-0.2, 0) is 0 Å². The topological polar surface area (TPSA) is 93.2 Å². The maximum Gasteiger partial charge on any atom is 0.270 e. The lowest BCUT2D eigenvalue weighted by Gasteiger charge is -2.08. The van der Waals surface area contributed by atoms with Gasteiger partial charge in [0.15, 0.2) is 0 Å². The summed E-state index contributed by atoms with van der Waals surface area (Å²) in [6.45, 7) is 0.0309. The summed E-state index contributed by atoms with van der Waals surface area (Å²) in [5.74, 6) is 2.12. The van der Waals surface area contributed by atoms with E-state index in [0.717, 1.165) is 10.5 Å². The average molecular weight is 411 g/mol. The fourth-order valence-corrected chi connectivity index (χ4v) is 2.48. The third-order valence-electron chi connectivity index (χ3n) is 3.27. The third kappa shape index (κ3) is 4.56. The zero-order chi connectivity index (χ0) is 19.1. The number of rotatable bonds is 6. The SMILES string of the molecule is C#CCOc1ccc(Br)cc1C=C(C#N)C(=O)c1cccc([N+](=O)[O-])c1. The highest BCUT2D eigenvalue weighted by molar-refractivity contribution is 9.10. The third-order valence-corrected chi connectivity index (χ3v) is 3.76. The first kappa shape index (κ1) is 18.9. The van der Waals surface area contributed by atoms with Crippen molar-refractivity contribution in [2.45, 2.75) is 0 Å². The maximum atomic E-state index is 12.6. The Morgan fingerprint density at radius 2 is 2.12 bits per heavy atom. The van der Waals surface area contributed by atoms with Crippen molar-refractivity contribution in [2.75, 3.05) is 6.61 Å². The summed E-state index contributed by atoms with van der Waals surface area (Å²) in [4.78, 5) is 22.8. The van der Waals surface area contributed by atoms with Crippen LogP contribution >= 0.6 is 15.9 Å². The Bertz CT molecular complexity index is 984. The summed E-state index contributed by atoms with van der Waals surface area (Å²) in [7, 11) is 0. The number of nitrogens with zero attached hydrogens (tertiary/aromatic N) is 2. The largest absolute Gasteiger partial charge is 0.480 e. The highest BCUT2D eigenvalue weighted by Crippen LogP contribution is 2.26. The van der Waals surface area contributed by atoms with E-state index in [0.29, 0.717) is 11.3 Å². The van der Waals surface area contributed by atoms with E-state index in [-0.39, 0.29) is 23.4 Å². The number of hydrogen-bond donors (Lipinski definition) is 0. The van der Waals surface area contributed by atoms with Crippen LogP contribution in [0.5, 0.6) is 5.75 Å². The molecule has 0 fully saturated rings. The van der Waals surface area contributed by atoms with Gasteiger partial charge in [-0.2, -0.15) is 5.26 Å². The van der Waals surface area contributed by atoms with Crippen molar-refractivity contribution in [3.63, 3.8) is 0 Å². The first-order chi connectivity index (χ1) is 12.5. The molecule has 0 saturated carbocycles. The Kier molecular flexibility index (Phi) is 6.26.